The van der Waals surface area contributed by atoms with Crippen LogP contribution in [0, 0.1) is 0 Å². The molecule has 0 aliphatic carbocycles. The molecule has 110 valence electrons. The second kappa shape index (κ2) is 6.37. The molecule has 2 rings (SSSR count). The third kappa shape index (κ3) is 3.37. The van der Waals surface area contributed by atoms with E-state index in [1.54, 1.807) is 12.1 Å². The van der Waals surface area contributed by atoms with Gasteiger partial charge in [-0.1, -0.05) is 25.1 Å². The highest BCUT2D eigenvalue weighted by atomic mass is 32.2. The van der Waals surface area contributed by atoms with Gasteiger partial charge in [-0.15, -0.1) is 0 Å². The molecule has 1 atom stereocenters. The third-order valence-electron chi connectivity index (χ3n) is 3.37. The molecule has 0 spiro atoms. The number of hydrogen-bond acceptors (Lipinski definition) is 3. The van der Waals surface area contributed by atoms with E-state index in [9.17, 15) is 13.2 Å². The largest absolute Gasteiger partial charge is 0.325 e. The van der Waals surface area contributed by atoms with E-state index in [1.807, 2.05) is 25.1 Å². The summed E-state index contributed by atoms with van der Waals surface area (Å²) in [6.07, 6.45) is 1.88. The highest BCUT2D eigenvalue weighted by Crippen LogP contribution is 2.23. The van der Waals surface area contributed by atoms with Gasteiger partial charge in [0.25, 0.3) is 0 Å². The number of amides is 1. The summed E-state index contributed by atoms with van der Waals surface area (Å²) in [5.74, 6) is -0.143. The maximum absolute atomic E-state index is 12.3. The van der Waals surface area contributed by atoms with Gasteiger partial charge in [-0.05, 0) is 31.4 Å². The Morgan fingerprint density at radius 1 is 1.35 bits per heavy atom. The molecule has 1 saturated heterocycles. The number of sulfonamides is 1. The number of anilines is 1. The summed E-state index contributed by atoms with van der Waals surface area (Å²) in [6, 6.07) is 8.52. The average molecular weight is 296 g/mol. The first-order valence-corrected chi connectivity index (χ1v) is 8.51. The predicted molar refractivity (Wildman–Crippen MR) is 78.9 cm³/mol. The smallest absolute Gasteiger partial charge is 0.242 e. The zero-order valence-electron chi connectivity index (χ0n) is 11.6. The van der Waals surface area contributed by atoms with Crippen molar-refractivity contribution in [1.29, 1.82) is 0 Å². The predicted octanol–water partition coefficient (Wildman–Crippen LogP) is 1.83. The average Bonchev–Trinajstić information content (AvgIpc) is 2.90. The Hall–Kier alpha value is -1.40. The van der Waals surface area contributed by atoms with Crippen molar-refractivity contribution in [3.8, 4) is 0 Å². The second-order valence-electron chi connectivity index (χ2n) is 4.94. The van der Waals surface area contributed by atoms with E-state index in [0.29, 0.717) is 25.1 Å². The van der Waals surface area contributed by atoms with Crippen LogP contribution in [-0.2, 0) is 14.8 Å². The Bertz CT molecular complexity index is 557. The monoisotopic (exact) mass is 296 g/mol. The fourth-order valence-corrected chi connectivity index (χ4v) is 4.20. The third-order valence-corrected chi connectivity index (χ3v) is 5.44. The molecule has 1 aliphatic rings. The first-order valence-electron chi connectivity index (χ1n) is 6.90. The van der Waals surface area contributed by atoms with Gasteiger partial charge in [0.15, 0.2) is 0 Å². The minimum absolute atomic E-state index is 0.0993. The van der Waals surface area contributed by atoms with Gasteiger partial charge < -0.3 is 5.32 Å². The van der Waals surface area contributed by atoms with Crippen molar-refractivity contribution in [2.45, 2.75) is 32.2 Å². The Morgan fingerprint density at radius 3 is 2.70 bits per heavy atom. The van der Waals surface area contributed by atoms with E-state index in [2.05, 4.69) is 5.32 Å². The number of nitrogens with zero attached hydrogens (tertiary/aromatic N) is 1. The van der Waals surface area contributed by atoms with Crippen LogP contribution in [-0.4, -0.2) is 37.0 Å². The van der Waals surface area contributed by atoms with E-state index in [0.717, 1.165) is 6.42 Å². The summed E-state index contributed by atoms with van der Waals surface area (Å²) in [7, 11) is -3.32. The second-order valence-corrected chi connectivity index (χ2v) is 6.98. The van der Waals surface area contributed by atoms with Crippen molar-refractivity contribution in [3.05, 3.63) is 30.3 Å². The molecule has 6 heteroatoms. The van der Waals surface area contributed by atoms with Crippen molar-refractivity contribution in [1.82, 2.24) is 4.31 Å². The topological polar surface area (TPSA) is 66.5 Å². The molecule has 1 aliphatic heterocycles. The number of para-hydroxylation sites is 1. The number of benzene rings is 1. The molecular weight excluding hydrogens is 276 g/mol. The zero-order chi connectivity index (χ0) is 14.6. The van der Waals surface area contributed by atoms with Gasteiger partial charge in [-0.2, -0.15) is 4.31 Å². The van der Waals surface area contributed by atoms with Gasteiger partial charge in [-0.3, -0.25) is 4.79 Å². The molecule has 0 radical (unpaired) electrons. The SMILES string of the molecule is CCCS(=O)(=O)N1CCCC1C(=O)Nc1ccccc1. The summed E-state index contributed by atoms with van der Waals surface area (Å²) in [5.41, 5.74) is 0.692. The minimum Gasteiger partial charge on any atom is -0.325 e. The van der Waals surface area contributed by atoms with Gasteiger partial charge >= 0.3 is 0 Å². The molecule has 0 bridgehead atoms. The van der Waals surface area contributed by atoms with Crippen LogP contribution in [0.25, 0.3) is 0 Å². The first kappa shape index (κ1) is 15.0. The lowest BCUT2D eigenvalue weighted by atomic mass is 10.2. The van der Waals surface area contributed by atoms with Crippen LogP contribution in [0.3, 0.4) is 0 Å². The quantitative estimate of drug-likeness (QED) is 0.901. The Kier molecular flexibility index (Phi) is 4.77. The van der Waals surface area contributed by atoms with Crippen molar-refractivity contribution >= 4 is 21.6 Å². The molecule has 1 aromatic rings. The molecule has 5 nitrogen and oxygen atoms in total. The van der Waals surface area contributed by atoms with E-state index < -0.39 is 16.1 Å². The molecule has 0 saturated carbocycles. The maximum atomic E-state index is 12.3. The van der Waals surface area contributed by atoms with Crippen LogP contribution >= 0.6 is 0 Å². The summed E-state index contributed by atoms with van der Waals surface area (Å²) in [6.45, 7) is 2.27. The number of carbonyl (C=O) groups excluding carboxylic acids is 1. The number of nitrogens with one attached hydrogen (secondary N) is 1. The number of rotatable bonds is 5. The first-order chi connectivity index (χ1) is 9.54. The van der Waals surface area contributed by atoms with E-state index in [-0.39, 0.29) is 11.7 Å². The minimum atomic E-state index is -3.32. The number of carbonyl (C=O) groups is 1. The van der Waals surface area contributed by atoms with Crippen LogP contribution in [0.1, 0.15) is 26.2 Å². The highest BCUT2D eigenvalue weighted by Gasteiger charge is 2.37. The lowest BCUT2D eigenvalue weighted by Crippen LogP contribution is -2.44. The number of hydrogen-bond donors (Lipinski definition) is 1. The van der Waals surface area contributed by atoms with Gasteiger partial charge in [0.2, 0.25) is 15.9 Å². The van der Waals surface area contributed by atoms with E-state index >= 15 is 0 Å². The van der Waals surface area contributed by atoms with Gasteiger partial charge in [0, 0.05) is 12.2 Å². The summed E-state index contributed by atoms with van der Waals surface area (Å²) in [4.78, 5) is 12.3. The lowest BCUT2D eigenvalue weighted by Gasteiger charge is -2.23. The van der Waals surface area contributed by atoms with E-state index in [4.69, 9.17) is 0 Å². The van der Waals surface area contributed by atoms with Crippen LogP contribution in [0.5, 0.6) is 0 Å². The van der Waals surface area contributed by atoms with Crippen molar-refractivity contribution in [2.24, 2.45) is 0 Å². The van der Waals surface area contributed by atoms with Gasteiger partial charge in [0.1, 0.15) is 6.04 Å². The van der Waals surface area contributed by atoms with Crippen molar-refractivity contribution in [2.75, 3.05) is 17.6 Å². The fraction of sp³-hybridized carbons (Fsp3) is 0.500. The van der Waals surface area contributed by atoms with E-state index in [1.165, 1.54) is 4.31 Å². The van der Waals surface area contributed by atoms with Gasteiger partial charge in [0.05, 0.1) is 5.75 Å². The van der Waals surface area contributed by atoms with Crippen molar-refractivity contribution in [3.63, 3.8) is 0 Å². The molecule has 1 N–H and O–H groups in total. The molecule has 1 fully saturated rings. The Balaban J connectivity index is 2.09. The van der Waals surface area contributed by atoms with Crippen LogP contribution in [0.15, 0.2) is 30.3 Å². The standard InChI is InChI=1S/C14H20N2O3S/c1-2-11-20(18,19)16-10-6-9-13(16)14(17)15-12-7-4-3-5-8-12/h3-5,7-8,13H,2,6,9-11H2,1H3,(H,15,17). The summed E-state index contributed by atoms with van der Waals surface area (Å²) in [5, 5.41) is 2.78. The van der Waals surface area contributed by atoms with Crippen molar-refractivity contribution < 1.29 is 13.2 Å². The zero-order valence-corrected chi connectivity index (χ0v) is 12.4. The molecule has 1 aromatic carbocycles. The Morgan fingerprint density at radius 2 is 2.05 bits per heavy atom. The highest BCUT2D eigenvalue weighted by molar-refractivity contribution is 7.89. The lowest BCUT2D eigenvalue weighted by molar-refractivity contribution is -0.119. The van der Waals surface area contributed by atoms with Crippen LogP contribution in [0.4, 0.5) is 5.69 Å². The van der Waals surface area contributed by atoms with Crippen LogP contribution < -0.4 is 5.32 Å². The summed E-state index contributed by atoms with van der Waals surface area (Å²) < 4.78 is 25.6. The fourth-order valence-electron chi connectivity index (χ4n) is 2.46. The summed E-state index contributed by atoms with van der Waals surface area (Å²) >= 11 is 0. The molecule has 1 amide bonds. The normalized spacial score (nSPS) is 19.9. The van der Waals surface area contributed by atoms with Crippen LogP contribution in [0.2, 0.25) is 0 Å². The molecule has 1 heterocycles. The molecule has 1 unspecified atom stereocenters. The maximum Gasteiger partial charge on any atom is 0.242 e. The Labute approximate surface area is 120 Å². The van der Waals surface area contributed by atoms with Gasteiger partial charge in [-0.25, -0.2) is 8.42 Å². The molecular formula is C14H20N2O3S. The molecule has 0 aromatic heterocycles. The molecule has 20 heavy (non-hydrogen) atoms.